The second-order valence-corrected chi connectivity index (χ2v) is 5.12. The van der Waals surface area contributed by atoms with E-state index in [9.17, 15) is 0 Å². The molecule has 2 rings (SSSR count). The fourth-order valence-corrected chi connectivity index (χ4v) is 2.91. The topological polar surface area (TPSA) is 24.9 Å². The molecule has 1 aliphatic heterocycles. The Labute approximate surface area is 83.4 Å². The highest BCUT2D eigenvalue weighted by Gasteiger charge is 2.19. The van der Waals surface area contributed by atoms with Gasteiger partial charge in [-0.1, -0.05) is 0 Å². The number of hydrogen-bond acceptors (Lipinski definition) is 3. The smallest absolute Gasteiger partial charge is 0.0900 e. The molecular weight excluding hydrogens is 180 g/mol. The molecule has 13 heavy (non-hydrogen) atoms. The van der Waals surface area contributed by atoms with E-state index in [-0.39, 0.29) is 0 Å². The van der Waals surface area contributed by atoms with Crippen molar-refractivity contribution in [2.75, 3.05) is 13.1 Å². The predicted molar refractivity (Wildman–Crippen MR) is 56.4 cm³/mol. The van der Waals surface area contributed by atoms with E-state index in [0.717, 1.165) is 6.54 Å². The Kier molecular flexibility index (Phi) is 2.65. The maximum absolute atomic E-state index is 4.61. The highest BCUT2D eigenvalue weighted by atomic mass is 32.1. The van der Waals surface area contributed by atoms with E-state index in [0.29, 0.717) is 5.92 Å². The number of aryl methyl sites for hydroxylation is 2. The Bertz CT molecular complexity index is 287. The van der Waals surface area contributed by atoms with E-state index in [1.165, 1.54) is 35.0 Å². The molecule has 0 saturated carbocycles. The maximum atomic E-state index is 4.61. The lowest BCUT2D eigenvalue weighted by molar-refractivity contribution is 0.454. The van der Waals surface area contributed by atoms with Crippen LogP contribution in [0, 0.1) is 13.8 Å². The third kappa shape index (κ3) is 1.92. The third-order valence-corrected chi connectivity index (χ3v) is 3.53. The van der Waals surface area contributed by atoms with Crippen molar-refractivity contribution >= 4 is 11.3 Å². The normalized spacial score (nSPS) is 23.4. The van der Waals surface area contributed by atoms with Crippen molar-refractivity contribution in [3.05, 3.63) is 15.6 Å². The number of nitrogens with one attached hydrogen (secondary N) is 1. The standard InChI is InChI=1S/C10H16N2S/c1-7-10(12-8(2)13-7)9-4-3-5-11-6-9/h9,11H,3-6H2,1-2H3. The molecule has 1 atom stereocenters. The Morgan fingerprint density at radius 3 is 2.85 bits per heavy atom. The zero-order valence-electron chi connectivity index (χ0n) is 8.26. The Morgan fingerprint density at radius 2 is 2.31 bits per heavy atom. The quantitative estimate of drug-likeness (QED) is 0.745. The molecule has 0 bridgehead atoms. The van der Waals surface area contributed by atoms with Gasteiger partial charge < -0.3 is 5.32 Å². The summed E-state index contributed by atoms with van der Waals surface area (Å²) in [6, 6.07) is 0. The van der Waals surface area contributed by atoms with Gasteiger partial charge in [-0.2, -0.15) is 0 Å². The van der Waals surface area contributed by atoms with Gasteiger partial charge in [-0.25, -0.2) is 4.98 Å². The molecule has 1 unspecified atom stereocenters. The van der Waals surface area contributed by atoms with Gasteiger partial charge in [0.1, 0.15) is 0 Å². The first kappa shape index (κ1) is 9.16. The molecule has 1 saturated heterocycles. The summed E-state index contributed by atoms with van der Waals surface area (Å²) in [5.41, 5.74) is 1.34. The number of rotatable bonds is 1. The van der Waals surface area contributed by atoms with E-state index < -0.39 is 0 Å². The van der Waals surface area contributed by atoms with Crippen molar-refractivity contribution in [2.45, 2.75) is 32.6 Å². The molecule has 0 aliphatic carbocycles. The van der Waals surface area contributed by atoms with Crippen LogP contribution in [0.4, 0.5) is 0 Å². The van der Waals surface area contributed by atoms with Crippen LogP contribution >= 0.6 is 11.3 Å². The lowest BCUT2D eigenvalue weighted by Crippen LogP contribution is -2.28. The minimum atomic E-state index is 0.665. The van der Waals surface area contributed by atoms with Crippen molar-refractivity contribution < 1.29 is 0 Å². The molecule has 0 radical (unpaired) electrons. The Morgan fingerprint density at radius 1 is 1.46 bits per heavy atom. The first-order valence-corrected chi connectivity index (χ1v) is 5.73. The van der Waals surface area contributed by atoms with Crippen molar-refractivity contribution in [3.63, 3.8) is 0 Å². The summed E-state index contributed by atoms with van der Waals surface area (Å²) in [7, 11) is 0. The van der Waals surface area contributed by atoms with Crippen LogP contribution in [0.3, 0.4) is 0 Å². The number of aromatic nitrogens is 1. The molecule has 1 N–H and O–H groups in total. The fraction of sp³-hybridized carbons (Fsp3) is 0.700. The molecule has 1 aliphatic rings. The monoisotopic (exact) mass is 196 g/mol. The number of nitrogens with zero attached hydrogens (tertiary/aromatic N) is 1. The molecule has 72 valence electrons. The highest BCUT2D eigenvalue weighted by molar-refractivity contribution is 7.11. The zero-order valence-corrected chi connectivity index (χ0v) is 9.08. The Balaban J connectivity index is 2.18. The number of piperidine rings is 1. The van der Waals surface area contributed by atoms with E-state index in [4.69, 9.17) is 0 Å². The molecule has 1 aromatic heterocycles. The van der Waals surface area contributed by atoms with E-state index in [2.05, 4.69) is 24.1 Å². The summed E-state index contributed by atoms with van der Waals surface area (Å²) < 4.78 is 0. The Hall–Kier alpha value is -0.410. The second-order valence-electron chi connectivity index (χ2n) is 3.72. The van der Waals surface area contributed by atoms with Crippen molar-refractivity contribution in [2.24, 2.45) is 0 Å². The molecule has 0 amide bonds. The molecule has 0 aromatic carbocycles. The molecule has 0 spiro atoms. The van der Waals surface area contributed by atoms with Crippen molar-refractivity contribution in [3.8, 4) is 0 Å². The average Bonchev–Trinajstić information content (AvgIpc) is 2.47. The van der Waals surface area contributed by atoms with Crippen LogP contribution in [0.1, 0.15) is 34.3 Å². The van der Waals surface area contributed by atoms with E-state index >= 15 is 0 Å². The third-order valence-electron chi connectivity index (χ3n) is 2.62. The largest absolute Gasteiger partial charge is 0.316 e. The van der Waals surface area contributed by atoms with Gasteiger partial charge in [-0.3, -0.25) is 0 Å². The van der Waals surface area contributed by atoms with Gasteiger partial charge in [-0.15, -0.1) is 11.3 Å². The predicted octanol–water partition coefficient (Wildman–Crippen LogP) is 2.23. The van der Waals surface area contributed by atoms with Crippen LogP contribution in [0.25, 0.3) is 0 Å². The summed E-state index contributed by atoms with van der Waals surface area (Å²) in [6.45, 7) is 6.58. The lowest BCUT2D eigenvalue weighted by atomic mass is 9.96. The average molecular weight is 196 g/mol. The summed E-state index contributed by atoms with van der Waals surface area (Å²) in [5, 5.41) is 4.64. The molecule has 1 fully saturated rings. The highest BCUT2D eigenvalue weighted by Crippen LogP contribution is 2.28. The second kappa shape index (κ2) is 3.76. The lowest BCUT2D eigenvalue weighted by Gasteiger charge is -2.21. The summed E-state index contributed by atoms with van der Waals surface area (Å²) >= 11 is 1.82. The van der Waals surface area contributed by atoms with Gasteiger partial charge in [-0.05, 0) is 33.2 Å². The van der Waals surface area contributed by atoms with Crippen LogP contribution in [-0.2, 0) is 0 Å². The van der Waals surface area contributed by atoms with Crippen molar-refractivity contribution in [1.82, 2.24) is 10.3 Å². The number of hydrogen-bond donors (Lipinski definition) is 1. The van der Waals surface area contributed by atoms with Crippen molar-refractivity contribution in [1.29, 1.82) is 0 Å². The van der Waals surface area contributed by atoms with Gasteiger partial charge in [0.2, 0.25) is 0 Å². The summed E-state index contributed by atoms with van der Waals surface area (Å²) in [6.07, 6.45) is 2.59. The van der Waals surface area contributed by atoms with Gasteiger partial charge in [0, 0.05) is 17.3 Å². The summed E-state index contributed by atoms with van der Waals surface area (Å²) in [5.74, 6) is 0.665. The summed E-state index contributed by atoms with van der Waals surface area (Å²) in [4.78, 5) is 6.02. The number of thiazole rings is 1. The minimum absolute atomic E-state index is 0.665. The van der Waals surface area contributed by atoms with Gasteiger partial charge in [0.25, 0.3) is 0 Å². The van der Waals surface area contributed by atoms with Gasteiger partial charge in [0.05, 0.1) is 10.7 Å². The van der Waals surface area contributed by atoms with Crippen LogP contribution in [0.5, 0.6) is 0 Å². The minimum Gasteiger partial charge on any atom is -0.316 e. The van der Waals surface area contributed by atoms with Gasteiger partial charge in [0.15, 0.2) is 0 Å². The van der Waals surface area contributed by atoms with E-state index in [1.54, 1.807) is 0 Å². The molecule has 3 heteroatoms. The first-order valence-electron chi connectivity index (χ1n) is 4.92. The fourth-order valence-electron chi connectivity index (χ4n) is 2.01. The van der Waals surface area contributed by atoms with E-state index in [1.807, 2.05) is 11.3 Å². The van der Waals surface area contributed by atoms with Crippen LogP contribution in [0.15, 0.2) is 0 Å². The van der Waals surface area contributed by atoms with Gasteiger partial charge >= 0.3 is 0 Å². The van der Waals surface area contributed by atoms with Crippen LogP contribution in [-0.4, -0.2) is 18.1 Å². The molecule has 2 heterocycles. The SMILES string of the molecule is Cc1nc(C2CCCNC2)c(C)s1. The molecular formula is C10H16N2S. The van der Waals surface area contributed by atoms with Crippen LogP contribution < -0.4 is 5.32 Å². The van der Waals surface area contributed by atoms with Crippen LogP contribution in [0.2, 0.25) is 0 Å². The maximum Gasteiger partial charge on any atom is 0.0900 e. The zero-order chi connectivity index (χ0) is 9.26. The first-order chi connectivity index (χ1) is 6.27. The molecule has 1 aromatic rings. The molecule has 2 nitrogen and oxygen atoms in total.